The smallest absolute Gasteiger partial charge is 0.305 e. The highest BCUT2D eigenvalue weighted by Gasteiger charge is 2.62. The third kappa shape index (κ3) is 5.35. The summed E-state index contributed by atoms with van der Waals surface area (Å²) in [5, 5.41) is 32.8. The van der Waals surface area contributed by atoms with Crippen molar-refractivity contribution in [1.29, 1.82) is 0 Å². The van der Waals surface area contributed by atoms with E-state index in [-0.39, 0.29) is 53.1 Å². The van der Waals surface area contributed by atoms with Gasteiger partial charge in [0.2, 0.25) is 5.95 Å². The number of carbonyl (C=O) groups is 1. The van der Waals surface area contributed by atoms with Gasteiger partial charge < -0.3 is 30.4 Å². The van der Waals surface area contributed by atoms with Crippen molar-refractivity contribution in [3.63, 3.8) is 0 Å². The Morgan fingerprint density at radius 3 is 2.64 bits per heavy atom. The van der Waals surface area contributed by atoms with Gasteiger partial charge in [0.05, 0.1) is 30.7 Å². The Kier molecular flexibility index (Phi) is 8.35. The Morgan fingerprint density at radius 2 is 1.85 bits per heavy atom. The second-order valence-corrected chi connectivity index (χ2v) is 16.4. The number of H-pyrrole nitrogens is 1. The Morgan fingerprint density at radius 1 is 1.11 bits per heavy atom. The van der Waals surface area contributed by atoms with E-state index in [4.69, 9.17) is 10.5 Å². The first-order chi connectivity index (χ1) is 22.3. The average Bonchev–Trinajstić information content (AvgIpc) is 3.68. The van der Waals surface area contributed by atoms with Crippen molar-refractivity contribution in [2.45, 2.75) is 116 Å². The molecule has 5 aliphatic rings. The van der Waals surface area contributed by atoms with E-state index in [9.17, 15) is 24.9 Å². The molecule has 5 aliphatic carbocycles. The molecule has 0 bridgehead atoms. The van der Waals surface area contributed by atoms with Crippen LogP contribution in [0.4, 0.5) is 5.95 Å². The second-order valence-electron chi connectivity index (χ2n) is 16.4. The first-order valence-electron chi connectivity index (χ1n) is 17.9. The lowest BCUT2D eigenvalue weighted by atomic mass is 9.43. The molecule has 258 valence electrons. The Balaban J connectivity index is 0.943. The molecule has 2 heterocycles. The lowest BCUT2D eigenvalue weighted by Crippen LogP contribution is -2.58. The molecule has 5 saturated carbocycles. The van der Waals surface area contributed by atoms with Crippen LogP contribution < -0.4 is 11.3 Å². The van der Waals surface area contributed by atoms with Crippen LogP contribution in [-0.2, 0) is 9.53 Å². The summed E-state index contributed by atoms with van der Waals surface area (Å²) in [5.41, 5.74) is 6.91. The average molecular weight is 652 g/mol. The minimum Gasteiger partial charge on any atom is -0.465 e. The van der Waals surface area contributed by atoms with Crippen molar-refractivity contribution in [3.8, 4) is 0 Å². The number of hydrogen-bond donors (Lipinski definition) is 5. The molecule has 0 amide bonds. The number of nitrogens with two attached hydrogens (primary N) is 1. The van der Waals surface area contributed by atoms with Crippen LogP contribution in [0.15, 0.2) is 23.3 Å². The van der Waals surface area contributed by atoms with Gasteiger partial charge in [-0.1, -0.05) is 27.4 Å². The Hall–Kier alpha value is -2.76. The number of nitrogen functional groups attached to an aromatic ring is 1. The van der Waals surface area contributed by atoms with Crippen molar-refractivity contribution in [3.05, 3.63) is 28.8 Å². The highest BCUT2D eigenvalue weighted by Crippen LogP contribution is 2.68. The van der Waals surface area contributed by atoms with Gasteiger partial charge in [-0.15, -0.1) is 0 Å². The molecular formula is C36H53N5O6. The van der Waals surface area contributed by atoms with Crippen LogP contribution in [0.25, 0.3) is 11.2 Å². The number of esters is 1. The Labute approximate surface area is 276 Å². The van der Waals surface area contributed by atoms with Gasteiger partial charge in [-0.25, -0.2) is 4.98 Å². The summed E-state index contributed by atoms with van der Waals surface area (Å²) in [6.45, 7) is 11.5. The van der Waals surface area contributed by atoms with Crippen LogP contribution in [-0.4, -0.2) is 65.7 Å². The van der Waals surface area contributed by atoms with E-state index in [0.717, 1.165) is 51.4 Å². The molecule has 0 saturated heterocycles. The third-order valence-electron chi connectivity index (χ3n) is 14.3. The number of ether oxygens (including phenoxy) is 1. The topological polar surface area (TPSA) is 177 Å². The summed E-state index contributed by atoms with van der Waals surface area (Å²) in [5.74, 6) is 1.92. The van der Waals surface area contributed by atoms with Crippen LogP contribution in [0.3, 0.4) is 0 Å². The number of imidazole rings is 1. The van der Waals surface area contributed by atoms with E-state index >= 15 is 0 Å². The molecule has 0 aromatic carbocycles. The van der Waals surface area contributed by atoms with E-state index in [1.807, 2.05) is 0 Å². The molecule has 0 spiro atoms. The van der Waals surface area contributed by atoms with Crippen molar-refractivity contribution < 1.29 is 24.9 Å². The number of fused-ring (bicyclic) bond motifs is 6. The van der Waals surface area contributed by atoms with Gasteiger partial charge in [0.25, 0.3) is 5.56 Å². The zero-order valence-corrected chi connectivity index (χ0v) is 28.1. The van der Waals surface area contributed by atoms with Gasteiger partial charge in [0, 0.05) is 12.3 Å². The SMILES string of the molecule is C=C1[C@H](COC(=O)CC[C@@H](C)[C@H]2CC[C@H]3[C@@H]4[C@@H](O)C[C@@H]5C[C@H](O)CC[C@]5(C)[C@H]4CC[C@]23C)[C@@H](O)C[C@@H]1n1cnc2c(=O)[nH]c(N)nc21. The van der Waals surface area contributed by atoms with Gasteiger partial charge in [0.15, 0.2) is 11.2 Å². The molecule has 0 unspecified atom stereocenters. The fourth-order valence-electron chi connectivity index (χ4n) is 11.7. The summed E-state index contributed by atoms with van der Waals surface area (Å²) in [7, 11) is 0. The van der Waals surface area contributed by atoms with Gasteiger partial charge in [-0.2, -0.15) is 4.98 Å². The zero-order chi connectivity index (χ0) is 33.4. The second kappa shape index (κ2) is 12.0. The van der Waals surface area contributed by atoms with Crippen LogP contribution in [0.1, 0.15) is 97.4 Å². The fourth-order valence-corrected chi connectivity index (χ4v) is 11.7. The number of aliphatic hydroxyl groups excluding tert-OH is 3. The maximum Gasteiger partial charge on any atom is 0.305 e. The number of hydrogen-bond acceptors (Lipinski definition) is 9. The molecule has 5 fully saturated rings. The van der Waals surface area contributed by atoms with Crippen LogP contribution in [0, 0.1) is 52.3 Å². The maximum atomic E-state index is 13.0. The van der Waals surface area contributed by atoms with E-state index < -0.39 is 17.6 Å². The van der Waals surface area contributed by atoms with E-state index in [2.05, 4.69) is 42.3 Å². The monoisotopic (exact) mass is 651 g/mol. The predicted octanol–water partition coefficient (Wildman–Crippen LogP) is 4.13. The number of rotatable bonds is 7. The summed E-state index contributed by atoms with van der Waals surface area (Å²) in [6.07, 6.45) is 9.86. The van der Waals surface area contributed by atoms with Crippen LogP contribution >= 0.6 is 0 Å². The highest BCUT2D eigenvalue weighted by molar-refractivity contribution is 5.71. The van der Waals surface area contributed by atoms with Crippen molar-refractivity contribution in [2.75, 3.05) is 12.3 Å². The van der Waals surface area contributed by atoms with Crippen molar-refractivity contribution in [2.24, 2.45) is 52.3 Å². The molecule has 2 aromatic heterocycles. The first kappa shape index (κ1) is 32.8. The van der Waals surface area contributed by atoms with Crippen molar-refractivity contribution in [1.82, 2.24) is 19.5 Å². The molecule has 11 nitrogen and oxygen atoms in total. The van der Waals surface area contributed by atoms with Crippen LogP contribution in [0.5, 0.6) is 0 Å². The maximum absolute atomic E-state index is 13.0. The molecule has 2 aromatic rings. The lowest BCUT2D eigenvalue weighted by molar-refractivity contribution is -0.174. The van der Waals surface area contributed by atoms with Crippen molar-refractivity contribution >= 4 is 23.1 Å². The molecule has 6 N–H and O–H groups in total. The van der Waals surface area contributed by atoms with Gasteiger partial charge >= 0.3 is 5.97 Å². The van der Waals surface area contributed by atoms with Gasteiger partial charge in [-0.3, -0.25) is 14.6 Å². The Bertz CT molecular complexity index is 1590. The molecular weight excluding hydrogens is 598 g/mol. The highest BCUT2D eigenvalue weighted by atomic mass is 16.5. The van der Waals surface area contributed by atoms with Crippen LogP contribution in [0.2, 0.25) is 0 Å². The number of nitrogens with one attached hydrogen (secondary N) is 1. The zero-order valence-electron chi connectivity index (χ0n) is 28.1. The molecule has 0 radical (unpaired) electrons. The van der Waals surface area contributed by atoms with E-state index in [1.54, 1.807) is 4.57 Å². The number of aromatic amines is 1. The normalized spacial score (nSPS) is 42.1. The molecule has 7 rings (SSSR count). The number of carbonyl (C=O) groups excluding carboxylic acids is 1. The minimum absolute atomic E-state index is 0.0112. The minimum atomic E-state index is -0.757. The van der Waals surface area contributed by atoms with E-state index in [1.165, 1.54) is 12.7 Å². The molecule has 47 heavy (non-hydrogen) atoms. The number of nitrogens with zero attached hydrogens (tertiary/aromatic N) is 3. The lowest BCUT2D eigenvalue weighted by Gasteiger charge is -2.62. The van der Waals surface area contributed by atoms with Gasteiger partial charge in [-0.05, 0) is 116 Å². The summed E-state index contributed by atoms with van der Waals surface area (Å²) in [6, 6.07) is -0.348. The molecule has 0 aliphatic heterocycles. The quantitative estimate of drug-likeness (QED) is 0.218. The van der Waals surface area contributed by atoms with E-state index in [0.29, 0.717) is 59.6 Å². The molecule has 11 heteroatoms. The summed E-state index contributed by atoms with van der Waals surface area (Å²) < 4.78 is 7.44. The summed E-state index contributed by atoms with van der Waals surface area (Å²) >= 11 is 0. The first-order valence-corrected chi connectivity index (χ1v) is 17.9. The number of anilines is 1. The largest absolute Gasteiger partial charge is 0.465 e. The predicted molar refractivity (Wildman–Crippen MR) is 177 cm³/mol. The third-order valence-corrected chi connectivity index (χ3v) is 14.3. The van der Waals surface area contributed by atoms with Gasteiger partial charge in [0.1, 0.15) is 6.61 Å². The number of aromatic nitrogens is 4. The standard InChI is InChI=1S/C36H53N5O6/c1-18(23-6-7-24-30-25(10-12-36(23,24)4)35(3)11-9-21(42)13-20(35)14-28(30)44)5-8-29(45)47-16-22-19(2)26(15-27(22)43)41-17-38-31-32(41)39-34(37)40-33(31)46/h17-18,20-28,30,42-44H,2,5-16H2,1,3-4H3,(H3,37,39,40,46)/t18-,20+,21-,22+,23-,24+,25+,26+,27+,28+,30+,35+,36-/m1/s1. The molecule has 13 atom stereocenters. The summed E-state index contributed by atoms with van der Waals surface area (Å²) in [4.78, 5) is 36.1. The fraction of sp³-hybridized carbons (Fsp3) is 0.778. The number of aliphatic hydroxyl groups is 3.